The lowest BCUT2D eigenvalue weighted by Gasteiger charge is -2.09. The van der Waals surface area contributed by atoms with Gasteiger partial charge in [0.05, 0.1) is 12.7 Å². The predicted octanol–water partition coefficient (Wildman–Crippen LogP) is 3.33. The molecule has 0 saturated carbocycles. The minimum Gasteiger partial charge on any atom is -0.369 e. The molecule has 1 aromatic heterocycles. The van der Waals surface area contributed by atoms with Gasteiger partial charge in [0.2, 0.25) is 0 Å². The van der Waals surface area contributed by atoms with Crippen LogP contribution >= 0.6 is 11.3 Å². The highest BCUT2D eigenvalue weighted by atomic mass is 32.1. The van der Waals surface area contributed by atoms with Crippen LogP contribution in [0.3, 0.4) is 0 Å². The Hall–Kier alpha value is -0.600. The first-order chi connectivity index (χ1) is 6.42. The normalized spacial score (nSPS) is 21.2. The molecule has 0 bridgehead atoms. The van der Waals surface area contributed by atoms with Gasteiger partial charge < -0.3 is 4.74 Å². The molecule has 0 spiro atoms. The summed E-state index contributed by atoms with van der Waals surface area (Å²) in [6.07, 6.45) is 6.82. The third-order valence-electron chi connectivity index (χ3n) is 2.39. The fraction of sp³-hybridized carbons (Fsp3) is 0.455. The van der Waals surface area contributed by atoms with Crippen LogP contribution in [0.15, 0.2) is 23.6 Å². The molecule has 0 N–H and O–H groups in total. The molecule has 0 fully saturated rings. The van der Waals surface area contributed by atoms with Crippen LogP contribution in [0.25, 0.3) is 0 Å². The van der Waals surface area contributed by atoms with Gasteiger partial charge in [-0.2, -0.15) is 0 Å². The maximum atomic E-state index is 5.75. The Labute approximate surface area is 83.0 Å². The summed E-state index contributed by atoms with van der Waals surface area (Å²) in [7, 11) is 0. The highest BCUT2D eigenvalue weighted by Gasteiger charge is 2.23. The van der Waals surface area contributed by atoms with Crippen molar-refractivity contribution in [2.24, 2.45) is 0 Å². The molecular weight excluding hydrogens is 180 g/mol. The zero-order valence-electron chi connectivity index (χ0n) is 7.82. The summed E-state index contributed by atoms with van der Waals surface area (Å²) >= 11 is 1.86. The molecule has 13 heavy (non-hydrogen) atoms. The molecule has 70 valence electrons. The first-order valence-electron chi connectivity index (χ1n) is 4.71. The van der Waals surface area contributed by atoms with E-state index in [1.54, 1.807) is 0 Å². The second-order valence-electron chi connectivity index (χ2n) is 3.23. The molecule has 1 aromatic rings. The molecule has 0 amide bonds. The minimum absolute atomic E-state index is 0.359. The van der Waals surface area contributed by atoms with Gasteiger partial charge in [0, 0.05) is 4.88 Å². The molecule has 0 saturated heterocycles. The first-order valence-corrected chi connectivity index (χ1v) is 5.59. The molecule has 1 heterocycles. The molecule has 0 aliphatic heterocycles. The summed E-state index contributed by atoms with van der Waals surface area (Å²) in [6.45, 7) is 2.77. The number of ether oxygens (including phenoxy) is 1. The summed E-state index contributed by atoms with van der Waals surface area (Å²) < 4.78 is 5.75. The molecule has 1 aliphatic carbocycles. The fourth-order valence-electron chi connectivity index (χ4n) is 1.70. The number of rotatable bonds is 3. The van der Waals surface area contributed by atoms with Crippen LogP contribution in [-0.4, -0.2) is 6.61 Å². The van der Waals surface area contributed by atoms with Crippen molar-refractivity contribution in [2.75, 3.05) is 6.61 Å². The van der Waals surface area contributed by atoms with E-state index in [1.807, 2.05) is 24.3 Å². The lowest BCUT2D eigenvalue weighted by atomic mass is 10.2. The molecule has 1 aliphatic rings. The van der Waals surface area contributed by atoms with Crippen molar-refractivity contribution >= 4 is 11.3 Å². The zero-order valence-corrected chi connectivity index (χ0v) is 8.64. The van der Waals surface area contributed by atoms with Crippen molar-refractivity contribution in [1.29, 1.82) is 0 Å². The maximum Gasteiger partial charge on any atom is 0.0843 e. The number of hydrogen-bond donors (Lipinski definition) is 0. The first kappa shape index (κ1) is 8.97. The van der Waals surface area contributed by atoms with Gasteiger partial charge in [0.15, 0.2) is 0 Å². The second-order valence-corrected chi connectivity index (χ2v) is 4.23. The van der Waals surface area contributed by atoms with Crippen molar-refractivity contribution in [3.63, 3.8) is 0 Å². The van der Waals surface area contributed by atoms with Crippen LogP contribution in [0.2, 0.25) is 0 Å². The van der Waals surface area contributed by atoms with Crippen LogP contribution in [0.5, 0.6) is 0 Å². The van der Waals surface area contributed by atoms with Gasteiger partial charge >= 0.3 is 0 Å². The summed E-state index contributed by atoms with van der Waals surface area (Å²) in [6, 6.07) is 2.20. The van der Waals surface area contributed by atoms with Gasteiger partial charge in [-0.05, 0) is 36.8 Å². The lowest BCUT2D eigenvalue weighted by molar-refractivity contribution is 0.0756. The predicted molar refractivity (Wildman–Crippen MR) is 56.1 cm³/mol. The largest absolute Gasteiger partial charge is 0.369 e. The molecule has 0 aromatic carbocycles. The Kier molecular flexibility index (Phi) is 2.81. The van der Waals surface area contributed by atoms with Crippen LogP contribution in [0.4, 0.5) is 0 Å². The number of hydrogen-bond acceptors (Lipinski definition) is 2. The Morgan fingerprint density at radius 1 is 1.69 bits per heavy atom. The van der Waals surface area contributed by atoms with Gasteiger partial charge in [-0.15, -0.1) is 11.3 Å². The van der Waals surface area contributed by atoms with Gasteiger partial charge in [-0.3, -0.25) is 0 Å². The van der Waals surface area contributed by atoms with E-state index in [0.29, 0.717) is 6.10 Å². The van der Waals surface area contributed by atoms with Crippen LogP contribution < -0.4 is 0 Å². The Bertz CT molecular complexity index is 301. The van der Waals surface area contributed by atoms with Gasteiger partial charge in [-0.1, -0.05) is 12.2 Å². The lowest BCUT2D eigenvalue weighted by Crippen LogP contribution is -1.99. The Morgan fingerprint density at radius 3 is 3.46 bits per heavy atom. The number of thiophene rings is 1. The average molecular weight is 194 g/mol. The zero-order chi connectivity index (χ0) is 9.10. The van der Waals surface area contributed by atoms with Gasteiger partial charge in [0.1, 0.15) is 0 Å². The molecule has 2 rings (SSSR count). The van der Waals surface area contributed by atoms with Crippen molar-refractivity contribution < 1.29 is 4.74 Å². The van der Waals surface area contributed by atoms with E-state index < -0.39 is 0 Å². The van der Waals surface area contributed by atoms with Crippen molar-refractivity contribution in [3.05, 3.63) is 34.0 Å². The number of aryl methyl sites for hydroxylation is 1. The number of allylic oxidation sites excluding steroid dienone is 1. The van der Waals surface area contributed by atoms with E-state index in [0.717, 1.165) is 6.61 Å². The molecular formula is C11H14OS. The second kappa shape index (κ2) is 4.07. The third kappa shape index (κ3) is 1.84. The molecule has 1 nitrogen and oxygen atoms in total. The molecule has 1 atom stereocenters. The minimum atomic E-state index is 0.359. The molecule has 0 radical (unpaired) electrons. The van der Waals surface area contributed by atoms with E-state index in [4.69, 9.17) is 4.74 Å². The maximum absolute atomic E-state index is 5.75. The average Bonchev–Trinajstić information content (AvgIpc) is 2.68. The van der Waals surface area contributed by atoms with E-state index in [2.05, 4.69) is 17.5 Å². The summed E-state index contributed by atoms with van der Waals surface area (Å²) in [5.74, 6) is 0. The summed E-state index contributed by atoms with van der Waals surface area (Å²) in [4.78, 5) is 1.52. The van der Waals surface area contributed by atoms with Crippen LogP contribution in [0, 0.1) is 0 Å². The summed E-state index contributed by atoms with van der Waals surface area (Å²) in [5, 5.41) is 2.16. The molecule has 1 unspecified atom stereocenters. The smallest absolute Gasteiger partial charge is 0.0843 e. The fourth-order valence-corrected chi connectivity index (χ4v) is 2.65. The highest BCUT2D eigenvalue weighted by molar-refractivity contribution is 7.10. The van der Waals surface area contributed by atoms with Crippen LogP contribution in [-0.2, 0) is 11.2 Å². The number of fused-ring (bicyclic) bond motifs is 1. The van der Waals surface area contributed by atoms with Gasteiger partial charge in [-0.25, -0.2) is 0 Å². The van der Waals surface area contributed by atoms with Crippen molar-refractivity contribution in [3.8, 4) is 0 Å². The van der Waals surface area contributed by atoms with E-state index in [9.17, 15) is 0 Å². The van der Waals surface area contributed by atoms with Crippen LogP contribution in [0.1, 0.15) is 29.9 Å². The topological polar surface area (TPSA) is 9.23 Å². The van der Waals surface area contributed by atoms with E-state index >= 15 is 0 Å². The van der Waals surface area contributed by atoms with Crippen molar-refractivity contribution in [1.82, 2.24) is 0 Å². The quantitative estimate of drug-likeness (QED) is 0.671. The van der Waals surface area contributed by atoms with Gasteiger partial charge in [0.25, 0.3) is 0 Å². The van der Waals surface area contributed by atoms with Crippen molar-refractivity contribution in [2.45, 2.75) is 25.9 Å². The Morgan fingerprint density at radius 2 is 2.62 bits per heavy atom. The molecule has 2 heteroatoms. The monoisotopic (exact) mass is 194 g/mol. The highest BCUT2D eigenvalue weighted by Crippen LogP contribution is 2.37. The SMILES string of the molecule is C/C=C\COC1CCc2sccc21. The third-order valence-corrected chi connectivity index (χ3v) is 3.39. The summed E-state index contributed by atoms with van der Waals surface area (Å²) in [5.41, 5.74) is 1.43. The standard InChI is InChI=1S/C11H14OS/c1-2-3-7-12-10-4-5-11-9(10)6-8-13-11/h2-3,6,8,10H,4-5,7H2,1H3/b3-2-. The van der Waals surface area contributed by atoms with E-state index in [-0.39, 0.29) is 0 Å². The van der Waals surface area contributed by atoms with E-state index in [1.165, 1.54) is 23.3 Å². The Balaban J connectivity index is 1.96.